The molecule has 5 nitrogen and oxygen atoms in total. The van der Waals surface area contributed by atoms with Gasteiger partial charge < -0.3 is 4.90 Å². The first-order valence-electron chi connectivity index (χ1n) is 11.7. The maximum absolute atomic E-state index is 11.5. The maximum atomic E-state index is 11.5. The quantitative estimate of drug-likeness (QED) is 0.198. The SMILES string of the molecule is CCCCCCCCCCCCCCCCCCOS(=O)(=O)OCCN(C)C. The Kier molecular flexibility index (Phi) is 20.0. The molecule has 0 aliphatic heterocycles. The molecule has 0 unspecified atom stereocenters. The predicted molar refractivity (Wildman–Crippen MR) is 119 cm³/mol. The lowest BCUT2D eigenvalue weighted by Gasteiger charge is -2.09. The van der Waals surface area contributed by atoms with E-state index in [-0.39, 0.29) is 13.2 Å². The number of rotatable bonds is 22. The summed E-state index contributed by atoms with van der Waals surface area (Å²) in [5, 5.41) is 0. The van der Waals surface area contributed by atoms with Gasteiger partial charge in [-0.15, -0.1) is 0 Å². The molecule has 0 heterocycles. The normalized spacial score (nSPS) is 12.1. The summed E-state index contributed by atoms with van der Waals surface area (Å²) in [4.78, 5) is 1.87. The lowest BCUT2D eigenvalue weighted by molar-refractivity contribution is 0.196. The van der Waals surface area contributed by atoms with Crippen LogP contribution in [0.4, 0.5) is 0 Å². The molecular weight excluding hydrogens is 374 g/mol. The highest BCUT2D eigenvalue weighted by molar-refractivity contribution is 7.81. The molecule has 0 amide bonds. The molecule has 6 heteroatoms. The van der Waals surface area contributed by atoms with Crippen molar-refractivity contribution in [2.45, 2.75) is 110 Å². The average Bonchev–Trinajstić information content (AvgIpc) is 2.63. The lowest BCUT2D eigenvalue weighted by Crippen LogP contribution is -2.21. The van der Waals surface area contributed by atoms with Gasteiger partial charge in [-0.2, -0.15) is 8.42 Å². The van der Waals surface area contributed by atoms with Gasteiger partial charge in [0, 0.05) is 6.54 Å². The number of hydrogen-bond acceptors (Lipinski definition) is 5. The van der Waals surface area contributed by atoms with Gasteiger partial charge in [0.15, 0.2) is 0 Å². The molecule has 28 heavy (non-hydrogen) atoms. The van der Waals surface area contributed by atoms with Gasteiger partial charge in [-0.25, -0.2) is 8.37 Å². The van der Waals surface area contributed by atoms with Crippen LogP contribution in [0, 0.1) is 0 Å². The summed E-state index contributed by atoms with van der Waals surface area (Å²) in [5.74, 6) is 0. The molecule has 0 saturated heterocycles. The summed E-state index contributed by atoms with van der Waals surface area (Å²) in [6.07, 6.45) is 20.8. The summed E-state index contributed by atoms with van der Waals surface area (Å²) < 4.78 is 32.7. The zero-order valence-electron chi connectivity index (χ0n) is 18.9. The zero-order valence-corrected chi connectivity index (χ0v) is 19.7. The zero-order chi connectivity index (χ0) is 20.9. The van der Waals surface area contributed by atoms with Crippen LogP contribution in [0.15, 0.2) is 0 Å². The molecular formula is C22H47NO4S. The fourth-order valence-electron chi connectivity index (χ4n) is 3.17. The van der Waals surface area contributed by atoms with Crippen molar-refractivity contribution < 1.29 is 16.8 Å². The van der Waals surface area contributed by atoms with Gasteiger partial charge in [-0.05, 0) is 20.5 Å². The van der Waals surface area contributed by atoms with Crippen LogP contribution in [0.1, 0.15) is 110 Å². The molecule has 0 atom stereocenters. The Morgan fingerprint density at radius 2 is 0.929 bits per heavy atom. The molecule has 0 aromatic rings. The third-order valence-corrected chi connectivity index (χ3v) is 5.90. The molecule has 0 spiro atoms. The standard InChI is InChI=1S/C22H47NO4S/c1-4-5-6-7-8-9-10-11-12-13-14-15-16-17-18-19-21-26-28(24,25)27-22-20-23(2)3/h4-22H2,1-3H3. The fourth-order valence-corrected chi connectivity index (χ4v) is 3.84. The highest BCUT2D eigenvalue weighted by Crippen LogP contribution is 2.13. The Hall–Kier alpha value is -0.170. The maximum Gasteiger partial charge on any atom is 0.399 e. The molecule has 0 aliphatic rings. The van der Waals surface area contributed by atoms with Crippen LogP contribution in [0.2, 0.25) is 0 Å². The summed E-state index contributed by atoms with van der Waals surface area (Å²) in [6, 6.07) is 0. The summed E-state index contributed by atoms with van der Waals surface area (Å²) in [6.45, 7) is 3.19. The molecule has 0 aromatic heterocycles. The lowest BCUT2D eigenvalue weighted by atomic mass is 10.0. The van der Waals surface area contributed by atoms with E-state index in [0.717, 1.165) is 19.3 Å². The first kappa shape index (κ1) is 27.8. The van der Waals surface area contributed by atoms with E-state index in [4.69, 9.17) is 8.37 Å². The van der Waals surface area contributed by atoms with Gasteiger partial charge in [0.2, 0.25) is 0 Å². The Balaban J connectivity index is 3.23. The summed E-state index contributed by atoms with van der Waals surface area (Å²) >= 11 is 0. The Morgan fingerprint density at radius 3 is 1.32 bits per heavy atom. The van der Waals surface area contributed by atoms with Crippen molar-refractivity contribution in [2.24, 2.45) is 0 Å². The van der Waals surface area contributed by atoms with E-state index in [1.165, 1.54) is 83.5 Å². The number of unbranched alkanes of at least 4 members (excludes halogenated alkanes) is 15. The minimum absolute atomic E-state index is 0.133. The van der Waals surface area contributed by atoms with Crippen molar-refractivity contribution in [2.75, 3.05) is 33.9 Å². The smallest absolute Gasteiger partial charge is 0.307 e. The van der Waals surface area contributed by atoms with E-state index < -0.39 is 10.4 Å². The molecule has 0 rings (SSSR count). The van der Waals surface area contributed by atoms with Crippen molar-refractivity contribution in [3.8, 4) is 0 Å². The van der Waals surface area contributed by atoms with Crippen LogP contribution >= 0.6 is 0 Å². The third kappa shape index (κ3) is 22.1. The second kappa shape index (κ2) is 20.1. The molecule has 0 aromatic carbocycles. The van der Waals surface area contributed by atoms with Crippen molar-refractivity contribution in [1.82, 2.24) is 4.90 Å². The van der Waals surface area contributed by atoms with Gasteiger partial charge in [-0.1, -0.05) is 103 Å². The van der Waals surface area contributed by atoms with Crippen molar-refractivity contribution >= 4 is 10.4 Å². The monoisotopic (exact) mass is 421 g/mol. The van der Waals surface area contributed by atoms with E-state index in [1.807, 2.05) is 19.0 Å². The van der Waals surface area contributed by atoms with Crippen LogP contribution in [0.5, 0.6) is 0 Å². The number of hydrogen-bond donors (Lipinski definition) is 0. The van der Waals surface area contributed by atoms with E-state index in [2.05, 4.69) is 6.92 Å². The van der Waals surface area contributed by atoms with Gasteiger partial charge in [0.25, 0.3) is 0 Å². The van der Waals surface area contributed by atoms with Crippen LogP contribution in [-0.4, -0.2) is 47.2 Å². The molecule has 0 radical (unpaired) electrons. The third-order valence-electron chi connectivity index (χ3n) is 4.99. The van der Waals surface area contributed by atoms with E-state index in [9.17, 15) is 8.42 Å². The molecule has 0 fully saturated rings. The van der Waals surface area contributed by atoms with Crippen molar-refractivity contribution in [3.63, 3.8) is 0 Å². The van der Waals surface area contributed by atoms with Gasteiger partial charge >= 0.3 is 10.4 Å². The topological polar surface area (TPSA) is 55.8 Å². The molecule has 0 bridgehead atoms. The first-order valence-corrected chi connectivity index (χ1v) is 13.0. The van der Waals surface area contributed by atoms with Crippen molar-refractivity contribution in [1.29, 1.82) is 0 Å². The highest BCUT2D eigenvalue weighted by Gasteiger charge is 2.11. The first-order chi connectivity index (χ1) is 13.5. The van der Waals surface area contributed by atoms with Crippen LogP contribution in [0.25, 0.3) is 0 Å². The minimum atomic E-state index is -3.82. The van der Waals surface area contributed by atoms with E-state index in [1.54, 1.807) is 0 Å². The predicted octanol–water partition coefficient (Wildman–Crippen LogP) is 6.09. The molecule has 0 saturated carbocycles. The number of nitrogens with zero attached hydrogens (tertiary/aromatic N) is 1. The van der Waals surface area contributed by atoms with Gasteiger partial charge in [0.05, 0.1) is 13.2 Å². The Labute approximate surface area is 175 Å². The molecule has 0 aliphatic carbocycles. The van der Waals surface area contributed by atoms with Crippen LogP contribution in [0.3, 0.4) is 0 Å². The van der Waals surface area contributed by atoms with Crippen LogP contribution < -0.4 is 0 Å². The van der Waals surface area contributed by atoms with Crippen molar-refractivity contribution in [3.05, 3.63) is 0 Å². The minimum Gasteiger partial charge on any atom is -0.307 e. The fraction of sp³-hybridized carbons (Fsp3) is 1.00. The molecule has 170 valence electrons. The average molecular weight is 422 g/mol. The van der Waals surface area contributed by atoms with Gasteiger partial charge in [-0.3, -0.25) is 0 Å². The molecule has 0 N–H and O–H groups in total. The summed E-state index contributed by atoms with van der Waals surface area (Å²) in [5.41, 5.74) is 0. The Morgan fingerprint density at radius 1 is 0.571 bits per heavy atom. The van der Waals surface area contributed by atoms with Crippen LogP contribution in [-0.2, 0) is 18.8 Å². The summed E-state index contributed by atoms with van der Waals surface area (Å²) in [7, 11) is -0.0879. The van der Waals surface area contributed by atoms with E-state index >= 15 is 0 Å². The van der Waals surface area contributed by atoms with Gasteiger partial charge in [0.1, 0.15) is 0 Å². The second-order valence-electron chi connectivity index (χ2n) is 8.16. The Bertz CT molecular complexity index is 413. The largest absolute Gasteiger partial charge is 0.399 e. The highest BCUT2D eigenvalue weighted by atomic mass is 32.3. The van der Waals surface area contributed by atoms with E-state index in [0.29, 0.717) is 6.54 Å². The second-order valence-corrected chi connectivity index (χ2v) is 9.45. The number of likely N-dealkylation sites (N-methyl/N-ethyl adjacent to an activating group) is 1.